The van der Waals surface area contributed by atoms with Gasteiger partial charge < -0.3 is 21.1 Å². The van der Waals surface area contributed by atoms with Gasteiger partial charge in [0.15, 0.2) is 11.5 Å². The Labute approximate surface area is 102 Å². The van der Waals surface area contributed by atoms with Gasteiger partial charge in [0.2, 0.25) is 11.7 Å². The van der Waals surface area contributed by atoms with Gasteiger partial charge in [-0.1, -0.05) is 0 Å². The molecule has 7 nitrogen and oxygen atoms in total. The van der Waals surface area contributed by atoms with Crippen LogP contribution in [0.25, 0.3) is 0 Å². The second kappa shape index (κ2) is 4.28. The molecule has 1 aromatic heterocycles. The minimum Gasteiger partial charge on any atom is -0.504 e. The first-order chi connectivity index (χ1) is 8.49. The molecule has 0 aliphatic heterocycles. The maximum absolute atomic E-state index is 9.57. The number of imidazole rings is 1. The molecule has 18 heavy (non-hydrogen) atoms. The van der Waals surface area contributed by atoms with E-state index >= 15 is 0 Å². The van der Waals surface area contributed by atoms with Crippen LogP contribution in [0.5, 0.6) is 17.2 Å². The van der Waals surface area contributed by atoms with E-state index in [2.05, 4.69) is 10.1 Å². The van der Waals surface area contributed by atoms with Gasteiger partial charge in [0.1, 0.15) is 0 Å². The number of phenols is 3. The van der Waals surface area contributed by atoms with Crippen molar-refractivity contribution in [2.24, 2.45) is 5.10 Å². The molecule has 1 aromatic carbocycles. The highest BCUT2D eigenvalue weighted by molar-refractivity contribution is 5.85. The summed E-state index contributed by atoms with van der Waals surface area (Å²) in [5.41, 5.74) is 6.54. The van der Waals surface area contributed by atoms with Crippen molar-refractivity contribution < 1.29 is 15.3 Å². The molecule has 0 fully saturated rings. The van der Waals surface area contributed by atoms with Crippen LogP contribution < -0.4 is 5.73 Å². The van der Waals surface area contributed by atoms with Gasteiger partial charge >= 0.3 is 0 Å². The van der Waals surface area contributed by atoms with Crippen molar-refractivity contribution in [1.82, 2.24) is 9.66 Å². The SMILES string of the molecule is Cc1cn(N=Cc2ccc(O)c(O)c2O)c(N)n1. The molecule has 0 bridgehead atoms. The average Bonchev–Trinajstić information content (AvgIpc) is 2.64. The number of nitrogens with zero attached hydrogens (tertiary/aromatic N) is 3. The lowest BCUT2D eigenvalue weighted by molar-refractivity contribution is 0.367. The third kappa shape index (κ3) is 2.05. The quantitative estimate of drug-likeness (QED) is 0.462. The van der Waals surface area contributed by atoms with E-state index in [-0.39, 0.29) is 11.5 Å². The zero-order valence-corrected chi connectivity index (χ0v) is 9.57. The predicted octanol–water partition coefficient (Wildman–Crippen LogP) is 0.773. The van der Waals surface area contributed by atoms with E-state index in [4.69, 9.17) is 10.8 Å². The Morgan fingerprint density at radius 1 is 1.28 bits per heavy atom. The van der Waals surface area contributed by atoms with E-state index in [9.17, 15) is 10.2 Å². The summed E-state index contributed by atoms with van der Waals surface area (Å²) < 4.78 is 1.33. The molecule has 0 saturated heterocycles. The number of aryl methyl sites for hydroxylation is 1. The summed E-state index contributed by atoms with van der Waals surface area (Å²) in [6.07, 6.45) is 2.91. The third-order valence-electron chi connectivity index (χ3n) is 2.32. The minimum atomic E-state index is -0.589. The van der Waals surface area contributed by atoms with E-state index in [1.165, 1.54) is 23.0 Å². The maximum atomic E-state index is 9.57. The number of hydrogen-bond acceptors (Lipinski definition) is 6. The first kappa shape index (κ1) is 11.8. The number of aromatic nitrogens is 2. The second-order valence-corrected chi connectivity index (χ2v) is 3.70. The minimum absolute atomic E-state index is 0.214. The molecule has 0 atom stereocenters. The van der Waals surface area contributed by atoms with Crippen molar-refractivity contribution in [2.45, 2.75) is 6.92 Å². The summed E-state index contributed by atoms with van der Waals surface area (Å²) in [5, 5.41) is 32.1. The highest BCUT2D eigenvalue weighted by Crippen LogP contribution is 2.36. The van der Waals surface area contributed by atoms with Crippen LogP contribution in [0.3, 0.4) is 0 Å². The molecule has 5 N–H and O–H groups in total. The Balaban J connectivity index is 2.35. The van der Waals surface area contributed by atoms with Crippen LogP contribution in [0.2, 0.25) is 0 Å². The number of anilines is 1. The smallest absolute Gasteiger partial charge is 0.221 e. The maximum Gasteiger partial charge on any atom is 0.221 e. The van der Waals surface area contributed by atoms with E-state index in [0.29, 0.717) is 5.69 Å². The Morgan fingerprint density at radius 3 is 2.61 bits per heavy atom. The van der Waals surface area contributed by atoms with Gasteiger partial charge in [-0.2, -0.15) is 5.10 Å². The normalized spacial score (nSPS) is 11.2. The molecule has 0 aliphatic rings. The van der Waals surface area contributed by atoms with Crippen molar-refractivity contribution >= 4 is 12.2 Å². The number of nitrogen functional groups attached to an aromatic ring is 1. The first-order valence-electron chi connectivity index (χ1n) is 5.08. The lowest BCUT2D eigenvalue weighted by Gasteiger charge is -2.03. The van der Waals surface area contributed by atoms with Crippen LogP contribution in [0.15, 0.2) is 23.4 Å². The van der Waals surface area contributed by atoms with Gasteiger partial charge in [0, 0.05) is 5.56 Å². The largest absolute Gasteiger partial charge is 0.504 e. The van der Waals surface area contributed by atoms with Crippen LogP contribution in [-0.2, 0) is 0 Å². The summed E-state index contributed by atoms with van der Waals surface area (Å²) in [7, 11) is 0. The summed E-state index contributed by atoms with van der Waals surface area (Å²) >= 11 is 0. The zero-order chi connectivity index (χ0) is 13.3. The Morgan fingerprint density at radius 2 is 2.00 bits per heavy atom. The van der Waals surface area contributed by atoms with E-state index < -0.39 is 17.2 Å². The molecular weight excluding hydrogens is 236 g/mol. The van der Waals surface area contributed by atoms with Crippen molar-refractivity contribution in [3.63, 3.8) is 0 Å². The topological polar surface area (TPSA) is 117 Å². The molecule has 0 unspecified atom stereocenters. The molecule has 7 heteroatoms. The Bertz CT molecular complexity index is 619. The van der Waals surface area contributed by atoms with Gasteiger partial charge in [0.25, 0.3) is 0 Å². The van der Waals surface area contributed by atoms with Crippen molar-refractivity contribution in [2.75, 3.05) is 5.73 Å². The standard InChI is InChI=1S/C11H12N4O3/c1-6-5-15(11(12)14-6)13-4-7-2-3-8(16)10(18)9(7)17/h2-5,16-18H,1H3,(H2,12,14). The fraction of sp³-hybridized carbons (Fsp3) is 0.0909. The lowest BCUT2D eigenvalue weighted by Crippen LogP contribution is -1.97. The van der Waals surface area contributed by atoms with Crippen molar-refractivity contribution in [3.05, 3.63) is 29.6 Å². The molecule has 0 radical (unpaired) electrons. The summed E-state index contributed by atoms with van der Waals surface area (Å²) in [6.45, 7) is 1.77. The third-order valence-corrected chi connectivity index (χ3v) is 2.32. The molecule has 2 aromatic rings. The highest BCUT2D eigenvalue weighted by Gasteiger charge is 2.09. The van der Waals surface area contributed by atoms with Gasteiger partial charge in [-0.15, -0.1) is 0 Å². The predicted molar refractivity (Wildman–Crippen MR) is 65.8 cm³/mol. The molecule has 0 amide bonds. The van der Waals surface area contributed by atoms with Crippen molar-refractivity contribution in [1.29, 1.82) is 0 Å². The van der Waals surface area contributed by atoms with Crippen LogP contribution in [0.4, 0.5) is 5.95 Å². The number of hydrogen-bond donors (Lipinski definition) is 4. The molecule has 0 aliphatic carbocycles. The number of nitrogens with two attached hydrogens (primary N) is 1. The number of phenolic OH excluding ortho intramolecular Hbond substituents is 3. The molecule has 2 rings (SSSR count). The van der Waals surface area contributed by atoms with Crippen LogP contribution >= 0.6 is 0 Å². The fourth-order valence-corrected chi connectivity index (χ4v) is 1.41. The molecule has 0 saturated carbocycles. The molecule has 1 heterocycles. The first-order valence-corrected chi connectivity index (χ1v) is 5.08. The summed E-state index contributed by atoms with van der Waals surface area (Å²) in [4.78, 5) is 3.95. The average molecular weight is 248 g/mol. The van der Waals surface area contributed by atoms with Gasteiger partial charge in [-0.3, -0.25) is 0 Å². The van der Waals surface area contributed by atoms with Crippen LogP contribution in [0, 0.1) is 6.92 Å². The summed E-state index contributed by atoms with van der Waals surface area (Å²) in [5.74, 6) is -1.23. The van der Waals surface area contributed by atoms with Gasteiger partial charge in [-0.25, -0.2) is 9.66 Å². The monoisotopic (exact) mass is 248 g/mol. The molecular formula is C11H12N4O3. The van der Waals surface area contributed by atoms with E-state index in [1.807, 2.05) is 0 Å². The molecule has 94 valence electrons. The fourth-order valence-electron chi connectivity index (χ4n) is 1.41. The zero-order valence-electron chi connectivity index (χ0n) is 9.57. The Kier molecular flexibility index (Phi) is 2.80. The Hall–Kier alpha value is -2.70. The van der Waals surface area contributed by atoms with Gasteiger partial charge in [0.05, 0.1) is 18.1 Å². The number of aromatic hydroxyl groups is 3. The number of benzene rings is 1. The van der Waals surface area contributed by atoms with Crippen molar-refractivity contribution in [3.8, 4) is 17.2 Å². The van der Waals surface area contributed by atoms with Crippen LogP contribution in [0.1, 0.15) is 11.3 Å². The van der Waals surface area contributed by atoms with Crippen LogP contribution in [-0.4, -0.2) is 31.2 Å². The van der Waals surface area contributed by atoms with E-state index in [1.54, 1.807) is 13.1 Å². The lowest BCUT2D eigenvalue weighted by atomic mass is 10.2. The summed E-state index contributed by atoms with van der Waals surface area (Å²) in [6, 6.07) is 2.66. The second-order valence-electron chi connectivity index (χ2n) is 3.70. The number of rotatable bonds is 2. The van der Waals surface area contributed by atoms with Gasteiger partial charge in [-0.05, 0) is 19.1 Å². The van der Waals surface area contributed by atoms with E-state index in [0.717, 1.165) is 0 Å². The molecule has 0 spiro atoms. The highest BCUT2D eigenvalue weighted by atomic mass is 16.3.